The van der Waals surface area contributed by atoms with Crippen molar-refractivity contribution in [3.63, 3.8) is 0 Å². The average molecular weight is 141 g/mol. The Morgan fingerprint density at radius 3 is 2.10 bits per heavy atom. The summed E-state index contributed by atoms with van der Waals surface area (Å²) >= 11 is 0. The monoisotopic (exact) mass is 141 g/mol. The Labute approximate surface area is 59.0 Å². The van der Waals surface area contributed by atoms with Crippen molar-refractivity contribution in [2.24, 2.45) is 0 Å². The van der Waals surface area contributed by atoms with Crippen LogP contribution in [0.25, 0.3) is 0 Å². The number of carbonyl (C=O) groups excluding carboxylic acids is 2. The summed E-state index contributed by atoms with van der Waals surface area (Å²) in [4.78, 5) is 21.6. The maximum Gasteiger partial charge on any atom is 0.148 e. The van der Waals surface area contributed by atoms with E-state index >= 15 is 0 Å². The van der Waals surface area contributed by atoms with Crippen LogP contribution in [-0.4, -0.2) is 23.3 Å². The minimum atomic E-state index is -0.104. The van der Waals surface area contributed by atoms with Gasteiger partial charge in [-0.2, -0.15) is 0 Å². The highest BCUT2D eigenvalue weighted by Gasteiger charge is 2.32. The molecule has 0 heterocycles. The van der Waals surface area contributed by atoms with Crippen LogP contribution in [0.2, 0.25) is 0 Å². The van der Waals surface area contributed by atoms with Gasteiger partial charge in [0.05, 0.1) is 0 Å². The van der Waals surface area contributed by atoms with Crippen molar-refractivity contribution < 1.29 is 14.7 Å². The summed E-state index contributed by atoms with van der Waals surface area (Å²) in [6, 6.07) is 0. The fraction of sp³-hybridized carbons (Fsp3) is 0.571. The minimum Gasteiger partial charge on any atom is -0.396 e. The molecule has 10 heavy (non-hydrogen) atoms. The van der Waals surface area contributed by atoms with E-state index in [9.17, 15) is 9.59 Å². The van der Waals surface area contributed by atoms with Crippen LogP contribution in [0.4, 0.5) is 0 Å². The summed E-state index contributed by atoms with van der Waals surface area (Å²) in [5, 5.41) is 8.44. The van der Waals surface area contributed by atoms with Gasteiger partial charge in [-0.25, -0.2) is 0 Å². The lowest BCUT2D eigenvalue weighted by molar-refractivity contribution is -0.119. The van der Waals surface area contributed by atoms with E-state index in [-0.39, 0.29) is 24.6 Å². The Morgan fingerprint density at radius 2 is 1.70 bits per heavy atom. The van der Waals surface area contributed by atoms with E-state index in [1.165, 1.54) is 0 Å². The SMILES string of the molecule is O=C1CCC(=O)[C]1CCO. The zero-order chi connectivity index (χ0) is 7.56. The van der Waals surface area contributed by atoms with Gasteiger partial charge in [0.15, 0.2) is 0 Å². The van der Waals surface area contributed by atoms with Gasteiger partial charge in [0.1, 0.15) is 17.5 Å². The van der Waals surface area contributed by atoms with E-state index in [4.69, 9.17) is 5.11 Å². The Bertz CT molecular complexity index is 146. The Balaban J connectivity index is 2.54. The molecule has 1 radical (unpaired) electrons. The molecule has 0 aromatic carbocycles. The number of hydrogen-bond acceptors (Lipinski definition) is 3. The Hall–Kier alpha value is -0.700. The Kier molecular flexibility index (Phi) is 2.17. The highest BCUT2D eigenvalue weighted by Crippen LogP contribution is 2.22. The van der Waals surface area contributed by atoms with Crippen molar-refractivity contribution in [1.29, 1.82) is 0 Å². The second-order valence-electron chi connectivity index (χ2n) is 2.30. The van der Waals surface area contributed by atoms with Crippen LogP contribution < -0.4 is 0 Å². The predicted octanol–water partition coefficient (Wildman–Crippen LogP) is -0.125. The van der Waals surface area contributed by atoms with Crippen molar-refractivity contribution in [3.8, 4) is 0 Å². The third kappa shape index (κ3) is 1.24. The second kappa shape index (κ2) is 2.92. The molecule has 0 saturated heterocycles. The maximum atomic E-state index is 10.8. The lowest BCUT2D eigenvalue weighted by Crippen LogP contribution is -2.12. The molecule has 1 saturated carbocycles. The molecule has 1 rings (SSSR count). The number of ketones is 2. The number of rotatable bonds is 2. The highest BCUT2D eigenvalue weighted by molar-refractivity contribution is 6.21. The summed E-state index contributed by atoms with van der Waals surface area (Å²) in [5.74, 6) is 0.139. The topological polar surface area (TPSA) is 54.4 Å². The number of carbonyl (C=O) groups is 2. The van der Waals surface area contributed by atoms with E-state index in [2.05, 4.69) is 0 Å². The third-order valence-electron chi connectivity index (χ3n) is 1.61. The molecule has 0 amide bonds. The minimum absolute atomic E-state index is 0.0842. The maximum absolute atomic E-state index is 10.8. The van der Waals surface area contributed by atoms with Crippen molar-refractivity contribution in [3.05, 3.63) is 5.92 Å². The molecule has 55 valence electrons. The van der Waals surface area contributed by atoms with Gasteiger partial charge in [0, 0.05) is 19.4 Å². The van der Waals surface area contributed by atoms with Gasteiger partial charge in [-0.05, 0) is 6.42 Å². The second-order valence-corrected chi connectivity index (χ2v) is 2.30. The van der Waals surface area contributed by atoms with Gasteiger partial charge in [-0.15, -0.1) is 0 Å². The van der Waals surface area contributed by atoms with Crippen molar-refractivity contribution in [2.45, 2.75) is 19.3 Å². The highest BCUT2D eigenvalue weighted by atomic mass is 16.3. The first kappa shape index (κ1) is 7.41. The average Bonchev–Trinajstić information content (AvgIpc) is 2.20. The van der Waals surface area contributed by atoms with Crippen molar-refractivity contribution in [1.82, 2.24) is 0 Å². The van der Waals surface area contributed by atoms with Crippen LogP contribution in [-0.2, 0) is 9.59 Å². The lowest BCUT2D eigenvalue weighted by Gasteiger charge is -1.99. The number of aliphatic hydroxyl groups excluding tert-OH is 1. The molecule has 3 nitrogen and oxygen atoms in total. The fourth-order valence-corrected chi connectivity index (χ4v) is 1.07. The first-order valence-electron chi connectivity index (χ1n) is 3.29. The summed E-state index contributed by atoms with van der Waals surface area (Å²) in [6.07, 6.45) is 0.917. The molecule has 0 bridgehead atoms. The Morgan fingerprint density at radius 1 is 1.20 bits per heavy atom. The summed E-state index contributed by atoms with van der Waals surface area (Å²) < 4.78 is 0. The van der Waals surface area contributed by atoms with Crippen LogP contribution in [0.3, 0.4) is 0 Å². The van der Waals surface area contributed by atoms with E-state index in [1.807, 2.05) is 0 Å². The van der Waals surface area contributed by atoms with Gasteiger partial charge in [0.25, 0.3) is 0 Å². The van der Waals surface area contributed by atoms with Crippen LogP contribution in [0.5, 0.6) is 0 Å². The number of hydrogen-bond donors (Lipinski definition) is 1. The molecular weight excluding hydrogens is 132 g/mol. The van der Waals surface area contributed by atoms with Gasteiger partial charge in [-0.3, -0.25) is 9.59 Å². The lowest BCUT2D eigenvalue weighted by atomic mass is 10.0. The fourth-order valence-electron chi connectivity index (χ4n) is 1.07. The zero-order valence-corrected chi connectivity index (χ0v) is 5.59. The van der Waals surface area contributed by atoms with Gasteiger partial charge in [0.2, 0.25) is 0 Å². The van der Waals surface area contributed by atoms with Gasteiger partial charge >= 0.3 is 0 Å². The number of aliphatic hydroxyl groups is 1. The normalized spacial score (nSPS) is 20.5. The van der Waals surface area contributed by atoms with Crippen LogP contribution in [0.1, 0.15) is 19.3 Å². The van der Waals surface area contributed by atoms with E-state index in [0.29, 0.717) is 18.8 Å². The quantitative estimate of drug-likeness (QED) is 0.583. The van der Waals surface area contributed by atoms with Crippen LogP contribution in [0, 0.1) is 5.92 Å². The summed E-state index contributed by atoms with van der Waals surface area (Å²) in [5.41, 5.74) is 0. The first-order chi connectivity index (χ1) is 4.75. The molecule has 3 heteroatoms. The van der Waals surface area contributed by atoms with E-state index in [0.717, 1.165) is 0 Å². The third-order valence-corrected chi connectivity index (χ3v) is 1.61. The van der Waals surface area contributed by atoms with Gasteiger partial charge < -0.3 is 5.11 Å². The molecule has 0 aromatic heterocycles. The van der Waals surface area contributed by atoms with Gasteiger partial charge in [-0.1, -0.05) is 0 Å². The molecule has 1 fully saturated rings. The molecule has 0 atom stereocenters. The summed E-state index contributed by atoms with van der Waals surface area (Å²) in [7, 11) is 0. The molecule has 0 spiro atoms. The predicted molar refractivity (Wildman–Crippen MR) is 34.2 cm³/mol. The standard InChI is InChI=1S/C7H9O3/c8-4-3-5-6(9)1-2-7(5)10/h8H,1-4H2. The van der Waals surface area contributed by atoms with Crippen LogP contribution >= 0.6 is 0 Å². The van der Waals surface area contributed by atoms with E-state index < -0.39 is 0 Å². The van der Waals surface area contributed by atoms with Crippen molar-refractivity contribution in [2.75, 3.05) is 6.61 Å². The first-order valence-corrected chi connectivity index (χ1v) is 3.29. The molecule has 0 aromatic rings. The number of Topliss-reactive ketones (excluding diaryl/α,β-unsaturated/α-hetero) is 2. The smallest absolute Gasteiger partial charge is 0.148 e. The van der Waals surface area contributed by atoms with Crippen LogP contribution in [0.15, 0.2) is 0 Å². The zero-order valence-electron chi connectivity index (χ0n) is 5.59. The largest absolute Gasteiger partial charge is 0.396 e. The van der Waals surface area contributed by atoms with E-state index in [1.54, 1.807) is 0 Å². The molecular formula is C7H9O3. The molecule has 0 unspecified atom stereocenters. The van der Waals surface area contributed by atoms with Crippen molar-refractivity contribution >= 4 is 11.6 Å². The molecule has 1 N–H and O–H groups in total. The molecule has 1 aliphatic carbocycles. The molecule has 0 aliphatic heterocycles. The summed E-state index contributed by atoms with van der Waals surface area (Å²) in [6.45, 7) is -0.104. The molecule has 1 aliphatic rings.